The highest BCUT2D eigenvalue weighted by atomic mass is 35.5. The molecule has 206 valence electrons. The number of hydrogen-bond acceptors (Lipinski definition) is 7. The highest BCUT2D eigenvalue weighted by Gasteiger charge is 2.31. The summed E-state index contributed by atoms with van der Waals surface area (Å²) in [6.45, 7) is 0.270. The predicted molar refractivity (Wildman–Crippen MR) is 146 cm³/mol. The van der Waals surface area contributed by atoms with Gasteiger partial charge in [-0.15, -0.1) is 0 Å². The third-order valence-electron chi connectivity index (χ3n) is 6.63. The second-order valence-corrected chi connectivity index (χ2v) is 11.3. The van der Waals surface area contributed by atoms with Crippen molar-refractivity contribution in [1.82, 2.24) is 9.21 Å². The monoisotopic (exact) mass is 573 g/mol. The molecule has 1 amide bonds. The Morgan fingerprint density at radius 3 is 2.36 bits per heavy atom. The van der Waals surface area contributed by atoms with Gasteiger partial charge in [0.15, 0.2) is 11.5 Å². The molecule has 0 aromatic heterocycles. The summed E-state index contributed by atoms with van der Waals surface area (Å²) in [6, 6.07) is 16.3. The number of rotatable bonds is 10. The second kappa shape index (κ2) is 12.0. The number of carbonyl (C=O) groups is 1. The van der Waals surface area contributed by atoms with Crippen LogP contribution in [0.5, 0.6) is 11.5 Å². The number of sulfonamides is 1. The van der Waals surface area contributed by atoms with Gasteiger partial charge in [-0.05, 0) is 53.8 Å². The molecule has 0 atom stereocenters. The maximum Gasteiger partial charge on any atom is 0.289 e. The Balaban J connectivity index is 1.60. The number of amides is 1. The molecule has 4 rings (SSSR count). The van der Waals surface area contributed by atoms with Gasteiger partial charge in [0.1, 0.15) is 5.02 Å². The molecule has 0 unspecified atom stereocenters. The molecule has 10 nitrogen and oxygen atoms in total. The summed E-state index contributed by atoms with van der Waals surface area (Å²) in [5.41, 5.74) is 2.28. The van der Waals surface area contributed by atoms with E-state index in [1.165, 1.54) is 19.2 Å². The van der Waals surface area contributed by atoms with Crippen LogP contribution in [0.4, 0.5) is 5.69 Å². The molecule has 12 heteroatoms. The van der Waals surface area contributed by atoms with Crippen LogP contribution in [0.25, 0.3) is 0 Å². The van der Waals surface area contributed by atoms with Crippen LogP contribution >= 0.6 is 11.6 Å². The van der Waals surface area contributed by atoms with E-state index >= 15 is 0 Å². The minimum absolute atomic E-state index is 0.00393. The average Bonchev–Trinajstić information content (AvgIpc) is 2.94. The standard InChI is InChI=1S/C27H28ClN3O7S/c1-37-25-14-20-11-12-29(17-21(20)15-26(25)38-2)27(32)18-30(13-10-19-6-4-3-5-7-19)39(35,36)22-8-9-23(28)24(16-22)31(33)34/h3-9,14-16H,10-13,17-18H2,1-2H3. The Kier molecular flexibility index (Phi) is 8.73. The Bertz CT molecular complexity index is 1480. The lowest BCUT2D eigenvalue weighted by Gasteiger charge is -2.31. The number of methoxy groups -OCH3 is 2. The highest BCUT2D eigenvalue weighted by Crippen LogP contribution is 2.33. The second-order valence-electron chi connectivity index (χ2n) is 8.99. The summed E-state index contributed by atoms with van der Waals surface area (Å²) in [7, 11) is -1.18. The van der Waals surface area contributed by atoms with E-state index < -0.39 is 27.2 Å². The number of ether oxygens (including phenoxy) is 2. The molecule has 0 radical (unpaired) electrons. The maximum atomic E-state index is 13.7. The molecule has 0 saturated heterocycles. The SMILES string of the molecule is COc1cc2c(cc1OC)CN(C(=O)CN(CCc1ccccc1)S(=O)(=O)c1ccc(Cl)c([N+](=O)[O-])c1)CC2. The molecule has 3 aromatic rings. The first-order valence-corrected chi connectivity index (χ1v) is 14.0. The number of benzene rings is 3. The van der Waals surface area contributed by atoms with Gasteiger partial charge in [-0.3, -0.25) is 14.9 Å². The number of hydrogen-bond donors (Lipinski definition) is 0. The molecule has 1 aliphatic rings. The summed E-state index contributed by atoms with van der Waals surface area (Å²) >= 11 is 5.90. The summed E-state index contributed by atoms with van der Waals surface area (Å²) < 4.78 is 39.2. The molecule has 0 bridgehead atoms. The van der Waals surface area contributed by atoms with Gasteiger partial charge in [-0.25, -0.2) is 8.42 Å². The van der Waals surface area contributed by atoms with E-state index in [1.54, 1.807) is 12.0 Å². The van der Waals surface area contributed by atoms with Crippen molar-refractivity contribution in [1.29, 1.82) is 0 Å². The zero-order valence-electron chi connectivity index (χ0n) is 21.5. The van der Waals surface area contributed by atoms with Gasteiger partial charge in [-0.1, -0.05) is 41.9 Å². The topological polar surface area (TPSA) is 119 Å². The average molecular weight is 574 g/mol. The number of fused-ring (bicyclic) bond motifs is 1. The van der Waals surface area contributed by atoms with E-state index in [2.05, 4.69) is 0 Å². The van der Waals surface area contributed by atoms with Crippen molar-refractivity contribution in [2.45, 2.75) is 24.3 Å². The van der Waals surface area contributed by atoms with Crippen LogP contribution in [0.15, 0.2) is 65.6 Å². The number of halogens is 1. The Morgan fingerprint density at radius 1 is 1.05 bits per heavy atom. The third-order valence-corrected chi connectivity index (χ3v) is 8.79. The fraction of sp³-hybridized carbons (Fsp3) is 0.296. The summed E-state index contributed by atoms with van der Waals surface area (Å²) in [6.07, 6.45) is 0.921. The van der Waals surface area contributed by atoms with Crippen LogP contribution in [0, 0.1) is 10.1 Å². The lowest BCUT2D eigenvalue weighted by molar-refractivity contribution is -0.384. The van der Waals surface area contributed by atoms with E-state index in [4.69, 9.17) is 21.1 Å². The van der Waals surface area contributed by atoms with Gasteiger partial charge in [0, 0.05) is 25.7 Å². The maximum absolute atomic E-state index is 13.7. The first kappa shape index (κ1) is 28.3. The van der Waals surface area contributed by atoms with Gasteiger partial charge in [-0.2, -0.15) is 4.31 Å². The summed E-state index contributed by atoms with van der Waals surface area (Å²) in [5, 5.41) is 11.2. The van der Waals surface area contributed by atoms with Crippen LogP contribution in [0.3, 0.4) is 0 Å². The van der Waals surface area contributed by atoms with Gasteiger partial charge in [0.05, 0.1) is 30.6 Å². The minimum atomic E-state index is -4.27. The minimum Gasteiger partial charge on any atom is -0.493 e. The lowest BCUT2D eigenvalue weighted by atomic mass is 9.98. The Labute approximate surface area is 231 Å². The van der Waals surface area contributed by atoms with E-state index in [-0.39, 0.29) is 28.9 Å². The molecule has 0 saturated carbocycles. The fourth-order valence-corrected chi connectivity index (χ4v) is 6.07. The number of carbonyl (C=O) groups excluding carboxylic acids is 1. The van der Waals surface area contributed by atoms with Gasteiger partial charge >= 0.3 is 0 Å². The van der Waals surface area contributed by atoms with Gasteiger partial charge in [0.2, 0.25) is 15.9 Å². The molecule has 39 heavy (non-hydrogen) atoms. The summed E-state index contributed by atoms with van der Waals surface area (Å²) in [4.78, 5) is 25.4. The normalized spacial score (nSPS) is 13.2. The lowest BCUT2D eigenvalue weighted by Crippen LogP contribution is -2.45. The van der Waals surface area contributed by atoms with Gasteiger partial charge in [0.25, 0.3) is 5.69 Å². The van der Waals surface area contributed by atoms with Crippen molar-refractivity contribution < 1.29 is 27.6 Å². The first-order valence-electron chi connectivity index (χ1n) is 12.1. The van der Waals surface area contributed by atoms with E-state index in [1.807, 2.05) is 42.5 Å². The van der Waals surface area contributed by atoms with Crippen molar-refractivity contribution in [2.75, 3.05) is 33.9 Å². The third kappa shape index (κ3) is 6.32. The van der Waals surface area contributed by atoms with Crippen LogP contribution in [-0.4, -0.2) is 62.3 Å². The van der Waals surface area contributed by atoms with E-state index in [0.717, 1.165) is 27.1 Å². The zero-order valence-corrected chi connectivity index (χ0v) is 23.1. The van der Waals surface area contributed by atoms with Crippen molar-refractivity contribution in [2.24, 2.45) is 0 Å². The predicted octanol–water partition coefficient (Wildman–Crippen LogP) is 4.08. The fourth-order valence-electron chi connectivity index (χ4n) is 4.47. The summed E-state index contributed by atoms with van der Waals surface area (Å²) in [5.74, 6) is 0.767. The van der Waals surface area contributed by atoms with Crippen LogP contribution in [0.2, 0.25) is 5.02 Å². The Hall–Kier alpha value is -3.67. The largest absolute Gasteiger partial charge is 0.493 e. The quantitative estimate of drug-likeness (QED) is 0.265. The van der Waals surface area contributed by atoms with Crippen molar-refractivity contribution in [3.8, 4) is 11.5 Å². The van der Waals surface area contributed by atoms with Crippen LogP contribution < -0.4 is 9.47 Å². The van der Waals surface area contributed by atoms with Crippen LogP contribution in [0.1, 0.15) is 16.7 Å². The molecule has 1 heterocycles. The molecule has 0 fully saturated rings. The van der Waals surface area contributed by atoms with Crippen molar-refractivity contribution in [3.63, 3.8) is 0 Å². The molecule has 1 aliphatic heterocycles. The highest BCUT2D eigenvalue weighted by molar-refractivity contribution is 7.89. The number of nitrogens with zero attached hydrogens (tertiary/aromatic N) is 3. The van der Waals surface area contributed by atoms with E-state index in [0.29, 0.717) is 30.9 Å². The van der Waals surface area contributed by atoms with Gasteiger partial charge < -0.3 is 14.4 Å². The van der Waals surface area contributed by atoms with E-state index in [9.17, 15) is 23.3 Å². The van der Waals surface area contributed by atoms with Crippen molar-refractivity contribution in [3.05, 3.63) is 92.5 Å². The molecule has 0 N–H and O–H groups in total. The Morgan fingerprint density at radius 2 is 1.72 bits per heavy atom. The number of nitro groups is 1. The molecule has 0 spiro atoms. The molecular formula is C27H28ClN3O7S. The number of nitro benzene ring substituents is 1. The van der Waals surface area contributed by atoms with Crippen molar-refractivity contribution >= 4 is 33.2 Å². The first-order chi connectivity index (χ1) is 18.6. The molecule has 3 aromatic carbocycles. The zero-order chi connectivity index (χ0) is 28.2. The smallest absolute Gasteiger partial charge is 0.289 e. The molecular weight excluding hydrogens is 546 g/mol. The van der Waals surface area contributed by atoms with Crippen LogP contribution in [-0.2, 0) is 34.2 Å². The molecule has 0 aliphatic carbocycles.